The number of morpholine rings is 1. The van der Waals surface area contributed by atoms with Crippen molar-refractivity contribution in [2.75, 3.05) is 39.4 Å². The van der Waals surface area contributed by atoms with Crippen LogP contribution < -0.4 is 5.32 Å². The van der Waals surface area contributed by atoms with E-state index in [1.807, 2.05) is 18.2 Å². The van der Waals surface area contributed by atoms with E-state index in [2.05, 4.69) is 23.2 Å². The number of hydrogen-bond donors (Lipinski definition) is 1. The summed E-state index contributed by atoms with van der Waals surface area (Å²) in [5.74, 6) is 0. The third-order valence-electron chi connectivity index (χ3n) is 3.58. The van der Waals surface area contributed by atoms with Gasteiger partial charge in [0.05, 0.1) is 13.2 Å². The van der Waals surface area contributed by atoms with Crippen molar-refractivity contribution in [3.63, 3.8) is 0 Å². The van der Waals surface area contributed by atoms with E-state index in [1.165, 1.54) is 5.56 Å². The molecule has 0 amide bonds. The molecule has 0 aromatic heterocycles. The van der Waals surface area contributed by atoms with Gasteiger partial charge in [-0.05, 0) is 38.1 Å². The van der Waals surface area contributed by atoms with Gasteiger partial charge in [-0.2, -0.15) is 0 Å². The van der Waals surface area contributed by atoms with Crippen LogP contribution in [-0.4, -0.2) is 44.3 Å². The highest BCUT2D eigenvalue weighted by Crippen LogP contribution is 2.21. The minimum Gasteiger partial charge on any atom is -0.379 e. The van der Waals surface area contributed by atoms with Gasteiger partial charge in [-0.25, -0.2) is 0 Å². The lowest BCUT2D eigenvalue weighted by atomic mass is 10.1. The third kappa shape index (κ3) is 4.77. The molecule has 1 aliphatic rings. The molecule has 0 saturated carbocycles. The molecular formula is C15H23ClN2O. The summed E-state index contributed by atoms with van der Waals surface area (Å²) in [4.78, 5) is 2.46. The van der Waals surface area contributed by atoms with Gasteiger partial charge in [-0.1, -0.05) is 29.8 Å². The highest BCUT2D eigenvalue weighted by Gasteiger charge is 2.10. The normalized spacial score (nSPS) is 18.4. The van der Waals surface area contributed by atoms with E-state index in [-0.39, 0.29) is 0 Å². The maximum Gasteiger partial charge on any atom is 0.0594 e. The Morgan fingerprint density at radius 1 is 1.32 bits per heavy atom. The zero-order valence-corrected chi connectivity index (χ0v) is 12.3. The van der Waals surface area contributed by atoms with Crippen molar-refractivity contribution in [1.29, 1.82) is 0 Å². The first-order valence-electron chi connectivity index (χ1n) is 7.05. The summed E-state index contributed by atoms with van der Waals surface area (Å²) < 4.78 is 5.34. The van der Waals surface area contributed by atoms with Gasteiger partial charge in [0.25, 0.3) is 0 Å². The molecular weight excluding hydrogens is 260 g/mol. The summed E-state index contributed by atoms with van der Waals surface area (Å²) >= 11 is 6.19. The van der Waals surface area contributed by atoms with Gasteiger partial charge in [-0.15, -0.1) is 0 Å². The molecule has 1 fully saturated rings. The molecule has 0 aliphatic carbocycles. The van der Waals surface area contributed by atoms with E-state index in [0.717, 1.165) is 50.8 Å². The highest BCUT2D eigenvalue weighted by molar-refractivity contribution is 6.31. The molecule has 4 heteroatoms. The molecule has 2 rings (SSSR count). The quantitative estimate of drug-likeness (QED) is 0.812. The molecule has 1 atom stereocenters. The number of benzene rings is 1. The third-order valence-corrected chi connectivity index (χ3v) is 3.92. The largest absolute Gasteiger partial charge is 0.379 e. The molecule has 0 spiro atoms. The zero-order chi connectivity index (χ0) is 13.5. The van der Waals surface area contributed by atoms with E-state index < -0.39 is 0 Å². The Balaban J connectivity index is 1.66. The van der Waals surface area contributed by atoms with Gasteiger partial charge >= 0.3 is 0 Å². The number of halogens is 1. The molecule has 1 aromatic rings. The SMILES string of the molecule is CC(NCCCN1CCOCC1)c1ccccc1Cl. The minimum atomic E-state index is 0.304. The van der Waals surface area contributed by atoms with Gasteiger partial charge in [0.1, 0.15) is 0 Å². The van der Waals surface area contributed by atoms with Gasteiger partial charge in [-0.3, -0.25) is 4.90 Å². The monoisotopic (exact) mass is 282 g/mol. The summed E-state index contributed by atoms with van der Waals surface area (Å²) in [5, 5.41) is 4.38. The summed E-state index contributed by atoms with van der Waals surface area (Å²) in [6, 6.07) is 8.34. The second-order valence-electron chi connectivity index (χ2n) is 5.00. The number of nitrogens with zero attached hydrogens (tertiary/aromatic N) is 1. The van der Waals surface area contributed by atoms with Gasteiger partial charge in [0, 0.05) is 24.2 Å². The smallest absolute Gasteiger partial charge is 0.0594 e. The molecule has 1 aliphatic heterocycles. The Kier molecular flexibility index (Phi) is 6.11. The Morgan fingerprint density at radius 3 is 2.79 bits per heavy atom. The second kappa shape index (κ2) is 7.85. The van der Waals surface area contributed by atoms with Crippen LogP contribution in [0.5, 0.6) is 0 Å². The fourth-order valence-corrected chi connectivity index (χ4v) is 2.68. The van der Waals surface area contributed by atoms with Crippen molar-refractivity contribution in [3.8, 4) is 0 Å². The van der Waals surface area contributed by atoms with Gasteiger partial charge in [0.15, 0.2) is 0 Å². The van der Waals surface area contributed by atoms with E-state index in [9.17, 15) is 0 Å². The van der Waals surface area contributed by atoms with Crippen LogP contribution in [0, 0.1) is 0 Å². The topological polar surface area (TPSA) is 24.5 Å². The van der Waals surface area contributed by atoms with Crippen LogP contribution in [0.1, 0.15) is 24.9 Å². The predicted octanol–water partition coefficient (Wildman–Crippen LogP) is 2.71. The number of rotatable bonds is 6. The van der Waals surface area contributed by atoms with Crippen LogP contribution in [0.15, 0.2) is 24.3 Å². The maximum atomic E-state index is 6.19. The molecule has 1 saturated heterocycles. The fraction of sp³-hybridized carbons (Fsp3) is 0.600. The number of ether oxygens (including phenoxy) is 1. The summed E-state index contributed by atoms with van der Waals surface area (Å²) in [6.45, 7) is 8.22. The summed E-state index contributed by atoms with van der Waals surface area (Å²) in [7, 11) is 0. The lowest BCUT2D eigenvalue weighted by Crippen LogP contribution is -2.37. The maximum absolute atomic E-state index is 6.19. The molecule has 1 N–H and O–H groups in total. The first kappa shape index (κ1) is 14.8. The molecule has 0 bridgehead atoms. The first-order chi connectivity index (χ1) is 9.27. The van der Waals surface area contributed by atoms with Crippen LogP contribution in [0.2, 0.25) is 5.02 Å². The van der Waals surface area contributed by atoms with Crippen LogP contribution in [-0.2, 0) is 4.74 Å². The molecule has 1 unspecified atom stereocenters. The van der Waals surface area contributed by atoms with E-state index >= 15 is 0 Å². The summed E-state index contributed by atoms with van der Waals surface area (Å²) in [5.41, 5.74) is 1.18. The van der Waals surface area contributed by atoms with Crippen LogP contribution >= 0.6 is 11.6 Å². The van der Waals surface area contributed by atoms with E-state index in [4.69, 9.17) is 16.3 Å². The second-order valence-corrected chi connectivity index (χ2v) is 5.41. The molecule has 0 radical (unpaired) electrons. The Labute approximate surface area is 120 Å². The van der Waals surface area contributed by atoms with Gasteiger partial charge in [0.2, 0.25) is 0 Å². The lowest BCUT2D eigenvalue weighted by molar-refractivity contribution is 0.0374. The Bertz CT molecular complexity index is 380. The van der Waals surface area contributed by atoms with Gasteiger partial charge < -0.3 is 10.1 Å². The zero-order valence-electron chi connectivity index (χ0n) is 11.6. The molecule has 3 nitrogen and oxygen atoms in total. The van der Waals surface area contributed by atoms with Crippen molar-refractivity contribution in [3.05, 3.63) is 34.9 Å². The van der Waals surface area contributed by atoms with Crippen molar-refractivity contribution in [2.24, 2.45) is 0 Å². The predicted molar refractivity (Wildman–Crippen MR) is 79.7 cm³/mol. The van der Waals surface area contributed by atoms with Crippen LogP contribution in [0.4, 0.5) is 0 Å². The summed E-state index contributed by atoms with van der Waals surface area (Å²) in [6.07, 6.45) is 1.16. The van der Waals surface area contributed by atoms with E-state index in [0.29, 0.717) is 6.04 Å². The number of nitrogens with one attached hydrogen (secondary N) is 1. The molecule has 106 valence electrons. The fourth-order valence-electron chi connectivity index (χ4n) is 2.38. The average molecular weight is 283 g/mol. The lowest BCUT2D eigenvalue weighted by Gasteiger charge is -2.26. The number of hydrogen-bond acceptors (Lipinski definition) is 3. The highest BCUT2D eigenvalue weighted by atomic mass is 35.5. The van der Waals surface area contributed by atoms with Crippen LogP contribution in [0.25, 0.3) is 0 Å². The minimum absolute atomic E-state index is 0.304. The van der Waals surface area contributed by atoms with Crippen molar-refractivity contribution < 1.29 is 4.74 Å². The molecule has 1 heterocycles. The van der Waals surface area contributed by atoms with E-state index in [1.54, 1.807) is 0 Å². The average Bonchev–Trinajstić information content (AvgIpc) is 2.45. The molecule has 1 aromatic carbocycles. The molecule has 19 heavy (non-hydrogen) atoms. The standard InChI is InChI=1S/C15H23ClN2O/c1-13(14-5-2-3-6-15(14)16)17-7-4-8-18-9-11-19-12-10-18/h2-3,5-6,13,17H,4,7-12H2,1H3. The Hall–Kier alpha value is -0.610. The van der Waals surface area contributed by atoms with Crippen molar-refractivity contribution in [1.82, 2.24) is 10.2 Å². The van der Waals surface area contributed by atoms with Crippen molar-refractivity contribution in [2.45, 2.75) is 19.4 Å². The van der Waals surface area contributed by atoms with Crippen molar-refractivity contribution >= 4 is 11.6 Å². The first-order valence-corrected chi connectivity index (χ1v) is 7.43. The van der Waals surface area contributed by atoms with Crippen LogP contribution in [0.3, 0.4) is 0 Å². The Morgan fingerprint density at radius 2 is 2.05 bits per heavy atom.